The highest BCUT2D eigenvalue weighted by molar-refractivity contribution is 6.32. The Balaban J connectivity index is 2.37. The van der Waals surface area contributed by atoms with Gasteiger partial charge in [-0.2, -0.15) is 0 Å². The maximum absolute atomic E-state index is 9.72. The number of nitrogens with zero attached hydrogens (tertiary/aromatic N) is 2. The van der Waals surface area contributed by atoms with Crippen molar-refractivity contribution in [3.05, 3.63) is 11.5 Å². The van der Waals surface area contributed by atoms with Gasteiger partial charge in [0.25, 0.3) is 0 Å². The van der Waals surface area contributed by atoms with Crippen LogP contribution in [-0.2, 0) is 0 Å². The zero-order chi connectivity index (χ0) is 12.7. The molecule has 0 amide bonds. The lowest BCUT2D eigenvalue weighted by Crippen LogP contribution is -2.20. The summed E-state index contributed by atoms with van der Waals surface area (Å²) in [6.07, 6.45) is 5.03. The molecule has 5 nitrogen and oxygen atoms in total. The number of nitrogens with two attached hydrogens (primary N) is 1. The normalized spacial score (nSPS) is 12.4. The molecule has 0 aliphatic heterocycles. The smallest absolute Gasteiger partial charge is 0.157 e. The largest absolute Gasteiger partial charge is 0.393 e. The number of nitrogens with one attached hydrogen (secondary N) is 1. The Labute approximate surface area is 106 Å². The van der Waals surface area contributed by atoms with Gasteiger partial charge in [-0.05, 0) is 6.42 Å². The second-order valence-electron chi connectivity index (χ2n) is 3.96. The van der Waals surface area contributed by atoms with Crippen LogP contribution in [0.15, 0.2) is 6.33 Å². The molecule has 96 valence electrons. The highest BCUT2D eigenvalue weighted by atomic mass is 35.5. The summed E-state index contributed by atoms with van der Waals surface area (Å²) in [5, 5.41) is 12.9. The van der Waals surface area contributed by atoms with E-state index in [1.807, 2.05) is 0 Å². The number of hydrogen-bond donors (Lipinski definition) is 3. The molecule has 6 heteroatoms. The highest BCUT2D eigenvalue weighted by Crippen LogP contribution is 2.21. The molecule has 0 bridgehead atoms. The zero-order valence-corrected chi connectivity index (χ0v) is 10.7. The Kier molecular flexibility index (Phi) is 6.00. The zero-order valence-electron chi connectivity index (χ0n) is 9.99. The van der Waals surface area contributed by atoms with E-state index in [0.717, 1.165) is 25.7 Å². The molecule has 0 spiro atoms. The van der Waals surface area contributed by atoms with Crippen LogP contribution in [0.2, 0.25) is 5.15 Å². The second-order valence-corrected chi connectivity index (χ2v) is 4.32. The molecule has 0 saturated heterocycles. The number of hydrogen-bond acceptors (Lipinski definition) is 5. The molecule has 1 heterocycles. The molecule has 0 aliphatic rings. The first-order valence-corrected chi connectivity index (χ1v) is 6.20. The van der Waals surface area contributed by atoms with Gasteiger partial charge in [0, 0.05) is 6.54 Å². The number of rotatable bonds is 7. The van der Waals surface area contributed by atoms with Crippen LogP contribution in [0.1, 0.15) is 32.6 Å². The number of unbranched alkanes of at least 4 members (excludes halogenated alkanes) is 2. The predicted octanol–water partition coefficient (Wildman–Crippen LogP) is 2.07. The van der Waals surface area contributed by atoms with Gasteiger partial charge in [-0.3, -0.25) is 0 Å². The van der Waals surface area contributed by atoms with Crippen LogP contribution in [-0.4, -0.2) is 27.7 Å². The Morgan fingerprint density at radius 3 is 2.94 bits per heavy atom. The van der Waals surface area contributed by atoms with E-state index in [1.54, 1.807) is 0 Å². The van der Waals surface area contributed by atoms with E-state index in [4.69, 9.17) is 17.3 Å². The molecule has 0 aromatic carbocycles. The van der Waals surface area contributed by atoms with Gasteiger partial charge in [-0.25, -0.2) is 9.97 Å². The molecule has 17 heavy (non-hydrogen) atoms. The summed E-state index contributed by atoms with van der Waals surface area (Å²) in [6, 6.07) is 0. The first-order chi connectivity index (χ1) is 8.15. The van der Waals surface area contributed by atoms with Gasteiger partial charge >= 0.3 is 0 Å². The quantitative estimate of drug-likeness (QED) is 0.515. The molecule has 1 unspecified atom stereocenters. The number of aliphatic hydroxyl groups excluding tert-OH is 1. The van der Waals surface area contributed by atoms with Crippen LogP contribution in [0.4, 0.5) is 11.5 Å². The lowest BCUT2D eigenvalue weighted by molar-refractivity contribution is 0.173. The topological polar surface area (TPSA) is 84.1 Å². The monoisotopic (exact) mass is 258 g/mol. The maximum Gasteiger partial charge on any atom is 0.157 e. The summed E-state index contributed by atoms with van der Waals surface area (Å²) in [5.74, 6) is 0.472. The summed E-state index contributed by atoms with van der Waals surface area (Å²) in [4.78, 5) is 7.72. The number of nitrogen functional groups attached to an aromatic ring is 1. The van der Waals surface area contributed by atoms with Crippen LogP contribution < -0.4 is 11.1 Å². The highest BCUT2D eigenvalue weighted by Gasteiger charge is 2.08. The fourth-order valence-corrected chi connectivity index (χ4v) is 1.59. The van der Waals surface area contributed by atoms with E-state index in [1.165, 1.54) is 6.33 Å². The average molecular weight is 259 g/mol. The number of aliphatic hydroxyl groups is 1. The van der Waals surface area contributed by atoms with Crippen molar-refractivity contribution in [2.24, 2.45) is 0 Å². The van der Waals surface area contributed by atoms with Gasteiger partial charge in [0.15, 0.2) is 11.0 Å². The summed E-state index contributed by atoms with van der Waals surface area (Å²) < 4.78 is 0. The van der Waals surface area contributed by atoms with Crippen molar-refractivity contribution in [1.82, 2.24) is 9.97 Å². The minimum absolute atomic E-state index is 0.225. The summed E-state index contributed by atoms with van der Waals surface area (Å²) in [7, 11) is 0. The molecule has 1 rings (SSSR count). The Morgan fingerprint density at radius 2 is 2.24 bits per heavy atom. The van der Waals surface area contributed by atoms with Gasteiger partial charge in [0.1, 0.15) is 12.0 Å². The predicted molar refractivity (Wildman–Crippen MR) is 70.1 cm³/mol. The maximum atomic E-state index is 9.72. The lowest BCUT2D eigenvalue weighted by atomic mass is 10.1. The van der Waals surface area contributed by atoms with Crippen LogP contribution >= 0.6 is 11.6 Å². The van der Waals surface area contributed by atoms with E-state index in [-0.39, 0.29) is 5.15 Å². The first-order valence-electron chi connectivity index (χ1n) is 5.83. The average Bonchev–Trinajstić information content (AvgIpc) is 2.31. The van der Waals surface area contributed by atoms with Gasteiger partial charge in [0.2, 0.25) is 0 Å². The van der Waals surface area contributed by atoms with E-state index >= 15 is 0 Å². The third-order valence-corrected chi connectivity index (χ3v) is 2.78. The SMILES string of the molecule is CCCCCC(O)CNc1ncnc(Cl)c1N. The lowest BCUT2D eigenvalue weighted by Gasteiger charge is -2.13. The van der Waals surface area contributed by atoms with Crippen LogP contribution in [0, 0.1) is 0 Å². The summed E-state index contributed by atoms with van der Waals surface area (Å²) >= 11 is 5.75. The van der Waals surface area contributed by atoms with Crippen molar-refractivity contribution < 1.29 is 5.11 Å². The van der Waals surface area contributed by atoms with Gasteiger partial charge in [-0.1, -0.05) is 37.8 Å². The standard InChI is InChI=1S/C11H19ClN4O/c1-2-3-4-5-8(17)6-14-11-9(13)10(12)15-7-16-11/h7-8,17H,2-6,13H2,1H3,(H,14,15,16). The number of aromatic nitrogens is 2. The Bertz CT molecular complexity index is 348. The van der Waals surface area contributed by atoms with Gasteiger partial charge in [0.05, 0.1) is 6.10 Å². The molecule has 0 saturated carbocycles. The number of halogens is 1. The van der Waals surface area contributed by atoms with Crippen molar-refractivity contribution in [2.75, 3.05) is 17.6 Å². The summed E-state index contributed by atoms with van der Waals surface area (Å²) in [6.45, 7) is 2.55. The first kappa shape index (κ1) is 14.0. The minimum Gasteiger partial charge on any atom is -0.393 e. The van der Waals surface area contributed by atoms with Gasteiger partial charge in [-0.15, -0.1) is 0 Å². The van der Waals surface area contributed by atoms with Crippen molar-refractivity contribution >= 4 is 23.1 Å². The van der Waals surface area contributed by atoms with Crippen molar-refractivity contribution in [3.8, 4) is 0 Å². The van der Waals surface area contributed by atoms with E-state index < -0.39 is 6.10 Å². The molecule has 1 atom stereocenters. The molecular weight excluding hydrogens is 240 g/mol. The third kappa shape index (κ3) is 4.75. The molecule has 0 radical (unpaired) electrons. The Hall–Kier alpha value is -1.07. The van der Waals surface area contributed by atoms with Crippen LogP contribution in [0.25, 0.3) is 0 Å². The summed E-state index contributed by atoms with van der Waals surface area (Å²) in [5.41, 5.74) is 6.00. The van der Waals surface area contributed by atoms with Crippen LogP contribution in [0.5, 0.6) is 0 Å². The van der Waals surface area contributed by atoms with E-state index in [9.17, 15) is 5.11 Å². The minimum atomic E-state index is -0.394. The van der Waals surface area contributed by atoms with Crippen molar-refractivity contribution in [2.45, 2.75) is 38.7 Å². The molecule has 4 N–H and O–H groups in total. The molecule has 0 aliphatic carbocycles. The van der Waals surface area contributed by atoms with Crippen LogP contribution in [0.3, 0.4) is 0 Å². The second kappa shape index (κ2) is 7.29. The van der Waals surface area contributed by atoms with Gasteiger partial charge < -0.3 is 16.2 Å². The fraction of sp³-hybridized carbons (Fsp3) is 0.636. The molecule has 0 fully saturated rings. The van der Waals surface area contributed by atoms with E-state index in [0.29, 0.717) is 18.1 Å². The van der Waals surface area contributed by atoms with Crippen molar-refractivity contribution in [1.29, 1.82) is 0 Å². The Morgan fingerprint density at radius 1 is 1.47 bits per heavy atom. The molecule has 1 aromatic heterocycles. The molecular formula is C11H19ClN4O. The third-order valence-electron chi connectivity index (χ3n) is 2.48. The van der Waals surface area contributed by atoms with Crippen molar-refractivity contribution in [3.63, 3.8) is 0 Å². The van der Waals surface area contributed by atoms with E-state index in [2.05, 4.69) is 22.2 Å². The molecule has 1 aromatic rings. The fourth-order valence-electron chi connectivity index (χ4n) is 1.46. The number of anilines is 2.